The van der Waals surface area contributed by atoms with Crippen LogP contribution in [-0.2, 0) is 4.74 Å². The molecule has 1 fully saturated rings. The number of ether oxygens (including phenoxy) is 1. The van der Waals surface area contributed by atoms with E-state index in [0.29, 0.717) is 35.1 Å². The molecule has 1 saturated carbocycles. The molecule has 5 heteroatoms. The van der Waals surface area contributed by atoms with Crippen LogP contribution >= 0.6 is 0 Å². The molecule has 1 unspecified atom stereocenters. The van der Waals surface area contributed by atoms with Crippen molar-refractivity contribution in [3.63, 3.8) is 0 Å². The van der Waals surface area contributed by atoms with Crippen LogP contribution in [-0.4, -0.2) is 23.6 Å². The normalized spacial score (nSPS) is 20.8. The summed E-state index contributed by atoms with van der Waals surface area (Å²) >= 11 is 0. The quantitative estimate of drug-likeness (QED) is 0.833. The summed E-state index contributed by atoms with van der Waals surface area (Å²) in [6, 6.07) is 1.95. The van der Waals surface area contributed by atoms with Gasteiger partial charge in [0.25, 0.3) is 0 Å². The van der Waals surface area contributed by atoms with Crippen LogP contribution in [0.1, 0.15) is 56.8 Å². The minimum absolute atomic E-state index is 0.334. The number of nitrogens with one attached hydrogen (secondary N) is 1. The lowest BCUT2D eigenvalue weighted by atomic mass is 9.75. The smallest absolute Gasteiger partial charge is 0.340 e. The molecule has 0 aliphatic heterocycles. The van der Waals surface area contributed by atoms with Crippen molar-refractivity contribution in [3.05, 3.63) is 17.8 Å². The number of carbonyl (C=O) groups is 1. The number of hydrogen-bond donors (Lipinski definition) is 2. The summed E-state index contributed by atoms with van der Waals surface area (Å²) in [4.78, 5) is 16.1. The van der Waals surface area contributed by atoms with Gasteiger partial charge >= 0.3 is 5.97 Å². The van der Waals surface area contributed by atoms with Crippen LogP contribution in [0.25, 0.3) is 0 Å². The van der Waals surface area contributed by atoms with Crippen LogP contribution in [0.3, 0.4) is 0 Å². The molecule has 0 aromatic carbocycles. The fourth-order valence-electron chi connectivity index (χ4n) is 2.99. The number of hydrogen-bond acceptors (Lipinski definition) is 5. The molecule has 0 spiro atoms. The van der Waals surface area contributed by atoms with Gasteiger partial charge in [0.1, 0.15) is 5.82 Å². The Bertz CT molecular complexity index is 514. The molecular weight excluding hydrogens is 266 g/mol. The molecule has 5 nitrogen and oxygen atoms in total. The zero-order valence-electron chi connectivity index (χ0n) is 13.1. The topological polar surface area (TPSA) is 77.2 Å². The van der Waals surface area contributed by atoms with Gasteiger partial charge in [0.15, 0.2) is 0 Å². The summed E-state index contributed by atoms with van der Waals surface area (Å²) in [6.07, 6.45) is 6.23. The van der Waals surface area contributed by atoms with Gasteiger partial charge in [-0.2, -0.15) is 0 Å². The fourth-order valence-corrected chi connectivity index (χ4v) is 2.99. The second-order valence-electron chi connectivity index (χ2n) is 6.44. The van der Waals surface area contributed by atoms with Crippen molar-refractivity contribution in [2.24, 2.45) is 5.41 Å². The Labute approximate surface area is 126 Å². The number of anilines is 2. The summed E-state index contributed by atoms with van der Waals surface area (Å²) in [7, 11) is 0. The van der Waals surface area contributed by atoms with Crippen molar-refractivity contribution < 1.29 is 9.53 Å². The second kappa shape index (κ2) is 6.33. The Morgan fingerprint density at radius 1 is 1.57 bits per heavy atom. The second-order valence-corrected chi connectivity index (χ2v) is 6.44. The molecule has 1 aliphatic carbocycles. The third-order valence-corrected chi connectivity index (χ3v) is 4.03. The lowest BCUT2D eigenvalue weighted by Gasteiger charge is -2.36. The Morgan fingerprint density at radius 2 is 2.33 bits per heavy atom. The molecule has 1 aromatic heterocycles. The van der Waals surface area contributed by atoms with E-state index < -0.39 is 5.97 Å². The zero-order valence-corrected chi connectivity index (χ0v) is 13.1. The molecule has 0 saturated heterocycles. The minimum Gasteiger partial charge on any atom is -0.462 e. The van der Waals surface area contributed by atoms with Gasteiger partial charge in [-0.15, -0.1) is 0 Å². The largest absolute Gasteiger partial charge is 0.462 e. The van der Waals surface area contributed by atoms with Gasteiger partial charge in [-0.1, -0.05) is 20.3 Å². The minimum atomic E-state index is -0.399. The average molecular weight is 291 g/mol. The predicted molar refractivity (Wildman–Crippen MR) is 84.3 cm³/mol. The highest BCUT2D eigenvalue weighted by atomic mass is 16.5. The summed E-state index contributed by atoms with van der Waals surface area (Å²) in [6.45, 7) is 6.68. The van der Waals surface area contributed by atoms with Crippen LogP contribution in [0, 0.1) is 5.41 Å². The van der Waals surface area contributed by atoms with Crippen molar-refractivity contribution in [1.29, 1.82) is 0 Å². The van der Waals surface area contributed by atoms with Crippen molar-refractivity contribution in [3.8, 4) is 0 Å². The number of carbonyl (C=O) groups excluding carboxylic acids is 1. The predicted octanol–water partition coefficient (Wildman–Crippen LogP) is 3.22. The third kappa shape index (κ3) is 3.86. The van der Waals surface area contributed by atoms with Crippen molar-refractivity contribution in [2.45, 2.75) is 52.5 Å². The summed E-state index contributed by atoms with van der Waals surface area (Å²) in [5.74, 6) is 0.188. The van der Waals surface area contributed by atoms with Gasteiger partial charge in [-0.05, 0) is 37.7 Å². The number of rotatable bonds is 4. The lowest BCUT2D eigenvalue weighted by Crippen LogP contribution is -2.32. The molecule has 0 radical (unpaired) electrons. The van der Waals surface area contributed by atoms with E-state index in [1.54, 1.807) is 19.2 Å². The molecular formula is C16H25N3O2. The first-order valence-electron chi connectivity index (χ1n) is 7.61. The first kappa shape index (κ1) is 15.6. The van der Waals surface area contributed by atoms with E-state index in [2.05, 4.69) is 24.1 Å². The van der Waals surface area contributed by atoms with Crippen LogP contribution in [0.5, 0.6) is 0 Å². The Balaban J connectivity index is 2.13. The SMILES string of the molecule is CCOC(=O)c1ccnc(NC2CCCC(C)(C)C2)c1N. The molecule has 21 heavy (non-hydrogen) atoms. The molecule has 3 N–H and O–H groups in total. The van der Waals surface area contributed by atoms with E-state index in [0.717, 1.165) is 12.8 Å². The number of nitrogen functional groups attached to an aromatic ring is 1. The van der Waals surface area contributed by atoms with Crippen molar-refractivity contribution in [2.75, 3.05) is 17.7 Å². The monoisotopic (exact) mass is 291 g/mol. The van der Waals surface area contributed by atoms with E-state index in [1.807, 2.05) is 0 Å². The highest BCUT2D eigenvalue weighted by Crippen LogP contribution is 2.36. The maximum absolute atomic E-state index is 11.9. The molecule has 116 valence electrons. The molecule has 1 heterocycles. The van der Waals surface area contributed by atoms with Crippen molar-refractivity contribution in [1.82, 2.24) is 4.98 Å². The van der Waals surface area contributed by atoms with Gasteiger partial charge in [0, 0.05) is 12.2 Å². The number of esters is 1. The van der Waals surface area contributed by atoms with Gasteiger partial charge < -0.3 is 15.8 Å². The van der Waals surface area contributed by atoms with E-state index in [1.165, 1.54) is 12.8 Å². The summed E-state index contributed by atoms with van der Waals surface area (Å²) < 4.78 is 5.01. The van der Waals surface area contributed by atoms with E-state index >= 15 is 0 Å². The van der Waals surface area contributed by atoms with Gasteiger partial charge in [0.05, 0.1) is 17.9 Å². The Morgan fingerprint density at radius 3 is 3.00 bits per heavy atom. The Hall–Kier alpha value is -1.78. The maximum atomic E-state index is 11.9. The molecule has 1 atom stereocenters. The number of pyridine rings is 1. The molecule has 2 rings (SSSR count). The molecule has 1 aliphatic rings. The van der Waals surface area contributed by atoms with Crippen LogP contribution in [0.15, 0.2) is 12.3 Å². The van der Waals surface area contributed by atoms with Crippen LogP contribution < -0.4 is 11.1 Å². The van der Waals surface area contributed by atoms with E-state index in [-0.39, 0.29) is 0 Å². The number of nitrogens with zero attached hydrogens (tertiary/aromatic N) is 1. The van der Waals surface area contributed by atoms with Gasteiger partial charge in [-0.3, -0.25) is 0 Å². The highest BCUT2D eigenvalue weighted by molar-refractivity contribution is 5.97. The Kier molecular flexibility index (Phi) is 4.70. The fraction of sp³-hybridized carbons (Fsp3) is 0.625. The first-order chi connectivity index (χ1) is 9.93. The zero-order chi connectivity index (χ0) is 15.5. The molecule has 0 amide bonds. The number of aromatic nitrogens is 1. The van der Waals surface area contributed by atoms with Crippen LogP contribution in [0.2, 0.25) is 0 Å². The highest BCUT2D eigenvalue weighted by Gasteiger charge is 2.28. The van der Waals surface area contributed by atoms with Gasteiger partial charge in [0.2, 0.25) is 0 Å². The molecule has 1 aromatic rings. The summed E-state index contributed by atoms with van der Waals surface area (Å²) in [5, 5.41) is 3.40. The van der Waals surface area contributed by atoms with Gasteiger partial charge in [-0.25, -0.2) is 9.78 Å². The first-order valence-corrected chi connectivity index (χ1v) is 7.61. The molecule has 0 bridgehead atoms. The standard InChI is InChI=1S/C16H25N3O2/c1-4-21-15(20)12-7-9-18-14(13(12)17)19-11-6-5-8-16(2,3)10-11/h7,9,11H,4-6,8,10,17H2,1-3H3,(H,18,19). The maximum Gasteiger partial charge on any atom is 0.340 e. The van der Waals surface area contributed by atoms with E-state index in [4.69, 9.17) is 10.5 Å². The van der Waals surface area contributed by atoms with Crippen LogP contribution in [0.4, 0.5) is 11.5 Å². The number of nitrogens with two attached hydrogens (primary N) is 1. The lowest BCUT2D eigenvalue weighted by molar-refractivity contribution is 0.0527. The summed E-state index contributed by atoms with van der Waals surface area (Å²) in [5.41, 5.74) is 7.16. The third-order valence-electron chi connectivity index (χ3n) is 4.03. The van der Waals surface area contributed by atoms with Crippen molar-refractivity contribution >= 4 is 17.5 Å². The van der Waals surface area contributed by atoms with E-state index in [9.17, 15) is 4.79 Å². The average Bonchev–Trinajstić information content (AvgIpc) is 2.40.